The molecule has 0 unspecified atom stereocenters. The first-order valence-corrected chi connectivity index (χ1v) is 7.37. The largest absolute Gasteiger partial charge is 0.496 e. The first-order valence-electron chi connectivity index (χ1n) is 6.83. The third kappa shape index (κ3) is 2.79. The average molecular weight is 331 g/mol. The number of methoxy groups -OCH3 is 1. The van der Waals surface area contributed by atoms with Crippen molar-refractivity contribution in [1.29, 1.82) is 0 Å². The summed E-state index contributed by atoms with van der Waals surface area (Å²) < 4.78 is 45.8. The van der Waals surface area contributed by atoms with Gasteiger partial charge in [0.15, 0.2) is 5.69 Å². The molecule has 2 aromatic rings. The Balaban J connectivity index is 2.13. The Hall–Kier alpha value is -1.69. The molecule has 0 saturated heterocycles. The van der Waals surface area contributed by atoms with Crippen LogP contribution in [0.15, 0.2) is 24.4 Å². The van der Waals surface area contributed by atoms with Gasteiger partial charge >= 0.3 is 6.18 Å². The second-order valence-electron chi connectivity index (χ2n) is 5.25. The van der Waals surface area contributed by atoms with Crippen LogP contribution in [0.1, 0.15) is 30.1 Å². The van der Waals surface area contributed by atoms with Crippen molar-refractivity contribution >= 4 is 11.6 Å². The van der Waals surface area contributed by atoms with E-state index in [2.05, 4.69) is 4.98 Å². The van der Waals surface area contributed by atoms with Gasteiger partial charge in [-0.2, -0.15) is 13.2 Å². The van der Waals surface area contributed by atoms with Crippen LogP contribution in [0.4, 0.5) is 13.2 Å². The Morgan fingerprint density at radius 3 is 2.64 bits per heavy atom. The molecule has 0 atom stereocenters. The number of benzene rings is 1. The summed E-state index contributed by atoms with van der Waals surface area (Å²) in [5.41, 5.74) is 0.500. The van der Waals surface area contributed by atoms with Crippen molar-refractivity contribution in [3.63, 3.8) is 0 Å². The summed E-state index contributed by atoms with van der Waals surface area (Å²) in [5, 5.41) is 0. The number of nitrogens with zero attached hydrogens (tertiary/aromatic N) is 2. The molecule has 1 fully saturated rings. The SMILES string of the molecule is COc1cc(CCl)ccc1-c1nc(C(F)(F)F)cn1C1CC1. The number of imidazole rings is 1. The van der Waals surface area contributed by atoms with E-state index in [4.69, 9.17) is 16.3 Å². The second kappa shape index (κ2) is 5.50. The minimum Gasteiger partial charge on any atom is -0.496 e. The van der Waals surface area contributed by atoms with Gasteiger partial charge in [0.2, 0.25) is 0 Å². The Bertz CT molecular complexity index is 693. The lowest BCUT2D eigenvalue weighted by molar-refractivity contribution is -0.140. The van der Waals surface area contributed by atoms with Crippen molar-refractivity contribution in [2.75, 3.05) is 7.11 Å². The van der Waals surface area contributed by atoms with Crippen molar-refractivity contribution in [2.45, 2.75) is 30.9 Å². The molecule has 0 bridgehead atoms. The number of ether oxygens (including phenoxy) is 1. The maximum absolute atomic E-state index is 13.0. The van der Waals surface area contributed by atoms with Crippen LogP contribution in [0.5, 0.6) is 5.75 Å². The lowest BCUT2D eigenvalue weighted by Crippen LogP contribution is -2.05. The molecular formula is C15H14ClF3N2O. The normalized spacial score (nSPS) is 15.1. The molecule has 0 N–H and O–H groups in total. The summed E-state index contributed by atoms with van der Waals surface area (Å²) in [5.74, 6) is 1.06. The van der Waals surface area contributed by atoms with E-state index in [-0.39, 0.29) is 11.9 Å². The van der Waals surface area contributed by atoms with Gasteiger partial charge in [-0.1, -0.05) is 6.07 Å². The van der Waals surface area contributed by atoms with Gasteiger partial charge in [-0.15, -0.1) is 11.6 Å². The molecular weight excluding hydrogens is 317 g/mol. The average Bonchev–Trinajstić information content (AvgIpc) is 3.23. The standard InChI is InChI=1S/C15H14ClF3N2O/c1-22-12-6-9(7-16)2-5-11(12)14-20-13(15(17,18)19)8-21(14)10-3-4-10/h2,5-6,8,10H,3-4,7H2,1H3. The van der Waals surface area contributed by atoms with Gasteiger partial charge in [0.1, 0.15) is 11.6 Å². The fourth-order valence-corrected chi connectivity index (χ4v) is 2.53. The molecule has 1 aliphatic carbocycles. The highest BCUT2D eigenvalue weighted by Gasteiger charge is 2.37. The lowest BCUT2D eigenvalue weighted by Gasteiger charge is -2.11. The lowest BCUT2D eigenvalue weighted by atomic mass is 10.1. The predicted octanol–water partition coefficient (Wildman–Crippen LogP) is 4.65. The van der Waals surface area contributed by atoms with Crippen molar-refractivity contribution < 1.29 is 17.9 Å². The Morgan fingerprint density at radius 2 is 2.09 bits per heavy atom. The number of hydrogen-bond donors (Lipinski definition) is 0. The van der Waals surface area contributed by atoms with E-state index in [1.807, 2.05) is 0 Å². The minimum absolute atomic E-state index is 0.0796. The van der Waals surface area contributed by atoms with Gasteiger partial charge < -0.3 is 9.30 Å². The molecule has 0 spiro atoms. The van der Waals surface area contributed by atoms with E-state index < -0.39 is 11.9 Å². The number of hydrogen-bond acceptors (Lipinski definition) is 2. The van der Waals surface area contributed by atoms with Gasteiger partial charge in [-0.3, -0.25) is 0 Å². The summed E-state index contributed by atoms with van der Waals surface area (Å²) in [6.45, 7) is 0. The van der Waals surface area contributed by atoms with Crippen LogP contribution >= 0.6 is 11.6 Å². The molecule has 0 amide bonds. The smallest absolute Gasteiger partial charge is 0.434 e. The first-order chi connectivity index (χ1) is 10.4. The van der Waals surface area contributed by atoms with Crippen molar-refractivity contribution in [2.24, 2.45) is 0 Å². The maximum Gasteiger partial charge on any atom is 0.434 e. The van der Waals surface area contributed by atoms with Gasteiger partial charge in [-0.05, 0) is 30.5 Å². The summed E-state index contributed by atoms with van der Waals surface area (Å²) >= 11 is 5.78. The van der Waals surface area contributed by atoms with Crippen molar-refractivity contribution in [3.8, 4) is 17.1 Å². The molecule has 22 heavy (non-hydrogen) atoms. The molecule has 1 aromatic heterocycles. The van der Waals surface area contributed by atoms with Gasteiger partial charge in [-0.25, -0.2) is 4.98 Å². The van der Waals surface area contributed by atoms with Crippen LogP contribution in [-0.4, -0.2) is 16.7 Å². The van der Waals surface area contributed by atoms with Crippen LogP contribution < -0.4 is 4.74 Å². The highest BCUT2D eigenvalue weighted by atomic mass is 35.5. The predicted molar refractivity (Wildman–Crippen MR) is 77.0 cm³/mol. The Morgan fingerprint density at radius 1 is 1.36 bits per heavy atom. The summed E-state index contributed by atoms with van der Waals surface area (Å²) in [7, 11) is 1.48. The van der Waals surface area contributed by atoms with E-state index in [0.717, 1.165) is 24.6 Å². The highest BCUT2D eigenvalue weighted by molar-refractivity contribution is 6.17. The Kier molecular flexibility index (Phi) is 3.80. The van der Waals surface area contributed by atoms with Crippen molar-refractivity contribution in [1.82, 2.24) is 9.55 Å². The summed E-state index contributed by atoms with van der Waals surface area (Å²) in [6.07, 6.45) is -1.65. The number of halogens is 4. The number of rotatable bonds is 4. The molecule has 1 aromatic carbocycles. The summed E-state index contributed by atoms with van der Waals surface area (Å²) in [6, 6.07) is 5.28. The van der Waals surface area contributed by atoms with E-state index >= 15 is 0 Å². The fourth-order valence-electron chi connectivity index (χ4n) is 2.36. The molecule has 1 saturated carbocycles. The molecule has 3 rings (SSSR count). The first kappa shape index (κ1) is 15.2. The van der Waals surface area contributed by atoms with Gasteiger partial charge in [0.25, 0.3) is 0 Å². The molecule has 3 nitrogen and oxygen atoms in total. The molecule has 0 radical (unpaired) electrons. The second-order valence-corrected chi connectivity index (χ2v) is 5.52. The molecule has 118 valence electrons. The number of aromatic nitrogens is 2. The van der Waals surface area contributed by atoms with Gasteiger partial charge in [0.05, 0.1) is 12.7 Å². The third-order valence-corrected chi connectivity index (χ3v) is 3.93. The quantitative estimate of drug-likeness (QED) is 0.763. The van der Waals surface area contributed by atoms with Crippen LogP contribution in [-0.2, 0) is 12.1 Å². The maximum atomic E-state index is 13.0. The molecule has 1 aliphatic rings. The fraction of sp³-hybridized carbons (Fsp3) is 0.400. The van der Waals surface area contributed by atoms with Crippen LogP contribution in [0.2, 0.25) is 0 Å². The monoisotopic (exact) mass is 330 g/mol. The Labute approximate surface area is 130 Å². The minimum atomic E-state index is -4.46. The van der Waals surface area contributed by atoms with Crippen LogP contribution in [0.3, 0.4) is 0 Å². The van der Waals surface area contributed by atoms with E-state index in [1.54, 1.807) is 22.8 Å². The van der Waals surface area contributed by atoms with Crippen molar-refractivity contribution in [3.05, 3.63) is 35.7 Å². The van der Waals surface area contributed by atoms with Gasteiger partial charge in [0, 0.05) is 18.1 Å². The van der Waals surface area contributed by atoms with Crippen LogP contribution in [0, 0.1) is 0 Å². The topological polar surface area (TPSA) is 27.1 Å². The zero-order valence-corrected chi connectivity index (χ0v) is 12.6. The van der Waals surface area contributed by atoms with Crippen LogP contribution in [0.25, 0.3) is 11.4 Å². The zero-order chi connectivity index (χ0) is 15.9. The molecule has 7 heteroatoms. The molecule has 1 heterocycles. The van der Waals surface area contributed by atoms with E-state index in [1.165, 1.54) is 7.11 Å². The van der Waals surface area contributed by atoms with E-state index in [0.29, 0.717) is 17.2 Å². The zero-order valence-electron chi connectivity index (χ0n) is 11.8. The third-order valence-electron chi connectivity index (χ3n) is 3.62. The highest BCUT2D eigenvalue weighted by Crippen LogP contribution is 2.42. The number of alkyl halides is 4. The molecule has 0 aliphatic heterocycles. The van der Waals surface area contributed by atoms with E-state index in [9.17, 15) is 13.2 Å². The summed E-state index contributed by atoms with van der Waals surface area (Å²) in [4.78, 5) is 3.80.